The van der Waals surface area contributed by atoms with E-state index in [4.69, 9.17) is 4.74 Å². The van der Waals surface area contributed by atoms with Crippen molar-refractivity contribution >= 4 is 16.5 Å². The topological polar surface area (TPSA) is 43.4 Å². The Balaban J connectivity index is 1.71. The number of halogens is 3. The molecular weight excluding hydrogens is 365 g/mol. The fraction of sp³-hybridized carbons (Fsp3) is 0.167. The fourth-order valence-electron chi connectivity index (χ4n) is 2.29. The van der Waals surface area contributed by atoms with Crippen molar-refractivity contribution in [3.05, 3.63) is 59.2 Å². The van der Waals surface area contributed by atoms with E-state index in [9.17, 15) is 13.2 Å². The average Bonchev–Trinajstić information content (AvgIpc) is 3.10. The Labute approximate surface area is 152 Å². The summed E-state index contributed by atoms with van der Waals surface area (Å²) in [5.41, 5.74) is 2.33. The summed E-state index contributed by atoms with van der Waals surface area (Å²) in [5, 5.41) is 5.70. The standard InChI is InChI=1S/C18H15F3N2O2S/c1-24-16-8-12(4-7-15(16)25-17(20)21)14-10-26-18(23-14)22-9-11-2-5-13(19)6-3-11/h2-8,10,17H,9H2,1H3,(H,22,23). The van der Waals surface area contributed by atoms with Crippen molar-refractivity contribution in [1.82, 2.24) is 4.98 Å². The zero-order valence-corrected chi connectivity index (χ0v) is 14.5. The molecule has 0 fully saturated rings. The monoisotopic (exact) mass is 380 g/mol. The normalized spacial score (nSPS) is 10.8. The number of anilines is 1. The summed E-state index contributed by atoms with van der Waals surface area (Å²) in [5.74, 6) is -0.105. The van der Waals surface area contributed by atoms with Crippen molar-refractivity contribution in [2.75, 3.05) is 12.4 Å². The molecule has 0 aliphatic rings. The largest absolute Gasteiger partial charge is 0.493 e. The molecule has 1 heterocycles. The molecule has 136 valence electrons. The van der Waals surface area contributed by atoms with Crippen LogP contribution in [-0.2, 0) is 6.54 Å². The van der Waals surface area contributed by atoms with E-state index in [1.807, 2.05) is 5.38 Å². The molecule has 0 saturated carbocycles. The number of hydrogen-bond donors (Lipinski definition) is 1. The second-order valence-electron chi connectivity index (χ2n) is 5.26. The molecule has 1 aromatic heterocycles. The zero-order chi connectivity index (χ0) is 18.5. The number of rotatable bonds is 7. The molecule has 0 bridgehead atoms. The lowest BCUT2D eigenvalue weighted by Crippen LogP contribution is -2.03. The molecule has 0 aliphatic carbocycles. The maximum absolute atomic E-state index is 12.9. The highest BCUT2D eigenvalue weighted by atomic mass is 32.1. The summed E-state index contributed by atoms with van der Waals surface area (Å²) in [6, 6.07) is 10.9. The van der Waals surface area contributed by atoms with E-state index in [2.05, 4.69) is 15.0 Å². The quantitative estimate of drug-likeness (QED) is 0.614. The van der Waals surface area contributed by atoms with Crippen LogP contribution in [0.2, 0.25) is 0 Å². The number of nitrogens with one attached hydrogen (secondary N) is 1. The van der Waals surface area contributed by atoms with E-state index < -0.39 is 6.61 Å². The molecule has 2 aromatic carbocycles. The molecule has 26 heavy (non-hydrogen) atoms. The molecule has 0 saturated heterocycles. The van der Waals surface area contributed by atoms with Crippen LogP contribution in [0.15, 0.2) is 47.8 Å². The minimum Gasteiger partial charge on any atom is -0.493 e. The molecule has 0 amide bonds. The molecular formula is C18H15F3N2O2S. The van der Waals surface area contributed by atoms with Gasteiger partial charge in [-0.3, -0.25) is 0 Å². The van der Waals surface area contributed by atoms with Gasteiger partial charge in [-0.15, -0.1) is 11.3 Å². The van der Waals surface area contributed by atoms with Gasteiger partial charge < -0.3 is 14.8 Å². The van der Waals surface area contributed by atoms with Crippen LogP contribution in [0.5, 0.6) is 11.5 Å². The van der Waals surface area contributed by atoms with E-state index in [1.54, 1.807) is 24.3 Å². The van der Waals surface area contributed by atoms with E-state index >= 15 is 0 Å². The number of benzene rings is 2. The summed E-state index contributed by atoms with van der Waals surface area (Å²) in [4.78, 5) is 4.47. The van der Waals surface area contributed by atoms with Gasteiger partial charge >= 0.3 is 6.61 Å². The van der Waals surface area contributed by atoms with Crippen LogP contribution in [0.3, 0.4) is 0 Å². The number of aromatic nitrogens is 1. The second kappa shape index (κ2) is 8.09. The number of thiazole rings is 1. The molecule has 3 aromatic rings. The third kappa shape index (κ3) is 4.45. The lowest BCUT2D eigenvalue weighted by Gasteiger charge is -2.10. The number of ether oxygens (including phenoxy) is 2. The minimum absolute atomic E-state index is 0.0314. The Morgan fingerprint density at radius 2 is 1.88 bits per heavy atom. The van der Waals surface area contributed by atoms with Crippen LogP contribution in [0, 0.1) is 5.82 Å². The third-order valence-corrected chi connectivity index (χ3v) is 4.34. The first-order chi connectivity index (χ1) is 12.5. The maximum atomic E-state index is 12.9. The lowest BCUT2D eigenvalue weighted by atomic mass is 10.1. The molecule has 1 N–H and O–H groups in total. The van der Waals surface area contributed by atoms with Crippen molar-refractivity contribution in [2.24, 2.45) is 0 Å². The highest BCUT2D eigenvalue weighted by Crippen LogP contribution is 2.34. The first-order valence-corrected chi connectivity index (χ1v) is 8.50. The molecule has 0 spiro atoms. The van der Waals surface area contributed by atoms with Crippen molar-refractivity contribution in [1.29, 1.82) is 0 Å². The van der Waals surface area contributed by atoms with Gasteiger partial charge in [0.05, 0.1) is 12.8 Å². The minimum atomic E-state index is -2.92. The van der Waals surface area contributed by atoms with Crippen LogP contribution in [0.4, 0.5) is 18.3 Å². The van der Waals surface area contributed by atoms with Gasteiger partial charge in [-0.05, 0) is 35.9 Å². The number of nitrogens with zero attached hydrogens (tertiary/aromatic N) is 1. The Kier molecular flexibility index (Phi) is 5.62. The van der Waals surface area contributed by atoms with Crippen molar-refractivity contribution < 1.29 is 22.6 Å². The molecule has 0 aliphatic heterocycles. The third-order valence-electron chi connectivity index (χ3n) is 3.54. The van der Waals surface area contributed by atoms with Gasteiger partial charge in [-0.2, -0.15) is 8.78 Å². The van der Waals surface area contributed by atoms with Crippen LogP contribution in [0.1, 0.15) is 5.56 Å². The van der Waals surface area contributed by atoms with Gasteiger partial charge in [0.1, 0.15) is 5.82 Å². The predicted octanol–water partition coefficient (Wildman–Crippen LogP) is 5.17. The Morgan fingerprint density at radius 3 is 2.58 bits per heavy atom. The van der Waals surface area contributed by atoms with Crippen LogP contribution >= 0.6 is 11.3 Å². The molecule has 8 heteroatoms. The molecule has 3 rings (SSSR count). The maximum Gasteiger partial charge on any atom is 0.387 e. The van der Waals surface area contributed by atoms with Gasteiger partial charge in [0.2, 0.25) is 0 Å². The summed E-state index contributed by atoms with van der Waals surface area (Å²) in [6.45, 7) is -2.41. The average molecular weight is 380 g/mol. The van der Waals surface area contributed by atoms with Gasteiger partial charge in [-0.1, -0.05) is 12.1 Å². The van der Waals surface area contributed by atoms with E-state index in [0.29, 0.717) is 17.4 Å². The van der Waals surface area contributed by atoms with Gasteiger partial charge in [0.15, 0.2) is 16.6 Å². The Bertz CT molecular complexity index is 869. The van der Waals surface area contributed by atoms with Gasteiger partial charge in [0.25, 0.3) is 0 Å². The zero-order valence-electron chi connectivity index (χ0n) is 13.7. The van der Waals surface area contributed by atoms with Crippen molar-refractivity contribution in [3.8, 4) is 22.8 Å². The van der Waals surface area contributed by atoms with E-state index in [-0.39, 0.29) is 17.3 Å². The van der Waals surface area contributed by atoms with Crippen LogP contribution < -0.4 is 14.8 Å². The number of methoxy groups -OCH3 is 1. The smallest absolute Gasteiger partial charge is 0.387 e. The highest BCUT2D eigenvalue weighted by Gasteiger charge is 2.13. The Hall–Kier alpha value is -2.74. The SMILES string of the molecule is COc1cc(-c2csc(NCc3ccc(F)cc3)n2)ccc1OC(F)F. The van der Waals surface area contributed by atoms with Crippen LogP contribution in [0.25, 0.3) is 11.3 Å². The van der Waals surface area contributed by atoms with Crippen molar-refractivity contribution in [2.45, 2.75) is 13.2 Å². The lowest BCUT2D eigenvalue weighted by molar-refractivity contribution is -0.0512. The summed E-state index contributed by atoms with van der Waals surface area (Å²) in [7, 11) is 1.38. The number of hydrogen-bond acceptors (Lipinski definition) is 5. The van der Waals surface area contributed by atoms with Gasteiger partial charge in [0, 0.05) is 17.5 Å². The summed E-state index contributed by atoms with van der Waals surface area (Å²) in [6.07, 6.45) is 0. The fourth-order valence-corrected chi connectivity index (χ4v) is 3.01. The van der Waals surface area contributed by atoms with Crippen LogP contribution in [-0.4, -0.2) is 18.7 Å². The first kappa shape index (κ1) is 18.1. The van der Waals surface area contributed by atoms with E-state index in [1.165, 1.54) is 36.6 Å². The van der Waals surface area contributed by atoms with E-state index in [0.717, 1.165) is 11.1 Å². The molecule has 0 radical (unpaired) electrons. The summed E-state index contributed by atoms with van der Waals surface area (Å²) < 4.78 is 47.2. The highest BCUT2D eigenvalue weighted by molar-refractivity contribution is 7.14. The summed E-state index contributed by atoms with van der Waals surface area (Å²) >= 11 is 1.41. The van der Waals surface area contributed by atoms with Crippen molar-refractivity contribution in [3.63, 3.8) is 0 Å². The Morgan fingerprint density at radius 1 is 1.12 bits per heavy atom. The predicted molar refractivity (Wildman–Crippen MR) is 94.5 cm³/mol. The molecule has 0 atom stereocenters. The second-order valence-corrected chi connectivity index (χ2v) is 6.12. The molecule has 0 unspecified atom stereocenters. The molecule has 4 nitrogen and oxygen atoms in total. The number of alkyl halides is 2. The first-order valence-electron chi connectivity index (χ1n) is 7.62. The van der Waals surface area contributed by atoms with Gasteiger partial charge in [-0.25, -0.2) is 9.37 Å².